The molecule has 1 heterocycles. The first-order chi connectivity index (χ1) is 5.24. The lowest BCUT2D eigenvalue weighted by Crippen LogP contribution is -2.06. The van der Waals surface area contributed by atoms with E-state index < -0.39 is 5.95 Å². The Hall–Kier alpha value is -0.960. The Morgan fingerprint density at radius 3 is 2.91 bits per heavy atom. The minimum atomic E-state index is -0.431. The summed E-state index contributed by atoms with van der Waals surface area (Å²) in [4.78, 5) is 3.72. The summed E-state index contributed by atoms with van der Waals surface area (Å²) in [5, 5.41) is 0. The minimum Gasteiger partial charge on any atom is -0.330 e. The van der Waals surface area contributed by atoms with E-state index in [1.165, 1.54) is 6.07 Å². The highest BCUT2D eigenvalue weighted by Gasteiger charge is 1.99. The lowest BCUT2D eigenvalue weighted by Gasteiger charge is -2.01. The van der Waals surface area contributed by atoms with Crippen LogP contribution >= 0.6 is 0 Å². The molecule has 0 bridgehead atoms. The molecular weight excluding hydrogens is 143 g/mol. The lowest BCUT2D eigenvalue weighted by molar-refractivity contribution is 0.575. The van der Waals surface area contributed by atoms with Crippen LogP contribution in [-0.2, 0) is 6.42 Å². The Balaban J connectivity index is 2.93. The molecule has 0 fully saturated rings. The summed E-state index contributed by atoms with van der Waals surface area (Å²) >= 11 is 0. The lowest BCUT2D eigenvalue weighted by atomic mass is 10.2. The largest absolute Gasteiger partial charge is 0.330 e. The Morgan fingerprint density at radius 1 is 1.55 bits per heavy atom. The van der Waals surface area contributed by atoms with Gasteiger partial charge in [-0.05, 0) is 25.1 Å². The van der Waals surface area contributed by atoms with E-state index in [0.29, 0.717) is 13.0 Å². The van der Waals surface area contributed by atoms with Gasteiger partial charge in [-0.25, -0.2) is 4.98 Å². The highest BCUT2D eigenvalue weighted by atomic mass is 19.1. The first kappa shape index (κ1) is 8.14. The van der Waals surface area contributed by atoms with E-state index in [9.17, 15) is 4.39 Å². The van der Waals surface area contributed by atoms with Crippen LogP contribution in [0.15, 0.2) is 12.1 Å². The first-order valence-electron chi connectivity index (χ1n) is 3.56. The van der Waals surface area contributed by atoms with Gasteiger partial charge in [0.25, 0.3) is 0 Å². The van der Waals surface area contributed by atoms with Crippen LogP contribution in [0, 0.1) is 12.9 Å². The van der Waals surface area contributed by atoms with Crippen LogP contribution in [0.5, 0.6) is 0 Å². The van der Waals surface area contributed by atoms with Crippen LogP contribution < -0.4 is 5.73 Å². The molecule has 0 spiro atoms. The molecule has 1 rings (SSSR count). The molecule has 0 saturated heterocycles. The van der Waals surface area contributed by atoms with Crippen LogP contribution in [0.1, 0.15) is 11.3 Å². The Morgan fingerprint density at radius 2 is 2.27 bits per heavy atom. The molecule has 3 heteroatoms. The average Bonchev–Trinajstić information content (AvgIpc) is 1.98. The van der Waals surface area contributed by atoms with Crippen LogP contribution in [0.2, 0.25) is 0 Å². The van der Waals surface area contributed by atoms with Gasteiger partial charge in [-0.2, -0.15) is 4.39 Å². The number of nitrogens with zero attached hydrogens (tertiary/aromatic N) is 1. The second-order valence-electron chi connectivity index (χ2n) is 2.44. The van der Waals surface area contributed by atoms with Gasteiger partial charge in [0.1, 0.15) is 0 Å². The summed E-state index contributed by atoms with van der Waals surface area (Å²) in [5.74, 6) is -0.431. The van der Waals surface area contributed by atoms with Gasteiger partial charge in [-0.1, -0.05) is 6.07 Å². The van der Waals surface area contributed by atoms with E-state index in [1.54, 1.807) is 6.07 Å². The van der Waals surface area contributed by atoms with E-state index in [1.807, 2.05) is 6.92 Å². The fourth-order valence-corrected chi connectivity index (χ4v) is 0.934. The van der Waals surface area contributed by atoms with Crippen LogP contribution in [0.3, 0.4) is 0 Å². The van der Waals surface area contributed by atoms with Crippen molar-refractivity contribution in [3.8, 4) is 0 Å². The highest BCUT2D eigenvalue weighted by Crippen LogP contribution is 2.05. The van der Waals surface area contributed by atoms with E-state index in [-0.39, 0.29) is 0 Å². The number of nitrogens with two attached hydrogens (primary N) is 1. The normalized spacial score (nSPS) is 10.1. The standard InChI is InChI=1S/C8H11FN2/c1-6-2-3-8(9)11-7(6)4-5-10/h2-3H,4-5,10H2,1H3. The van der Waals surface area contributed by atoms with E-state index in [0.717, 1.165) is 11.3 Å². The van der Waals surface area contributed by atoms with Crippen LogP contribution in [0.4, 0.5) is 4.39 Å². The molecule has 0 aliphatic heterocycles. The second-order valence-corrected chi connectivity index (χ2v) is 2.44. The zero-order valence-corrected chi connectivity index (χ0v) is 6.47. The van der Waals surface area contributed by atoms with Crippen molar-refractivity contribution in [2.45, 2.75) is 13.3 Å². The van der Waals surface area contributed by atoms with Gasteiger partial charge in [0.15, 0.2) is 0 Å². The summed E-state index contributed by atoms with van der Waals surface area (Å²) < 4.78 is 12.5. The molecule has 2 N–H and O–H groups in total. The summed E-state index contributed by atoms with van der Waals surface area (Å²) in [6.45, 7) is 2.41. The van der Waals surface area contributed by atoms with Crippen molar-refractivity contribution in [3.63, 3.8) is 0 Å². The molecule has 0 aromatic carbocycles. The van der Waals surface area contributed by atoms with Crippen molar-refractivity contribution < 1.29 is 4.39 Å². The number of aromatic nitrogens is 1. The number of hydrogen-bond acceptors (Lipinski definition) is 2. The molecule has 0 amide bonds. The zero-order chi connectivity index (χ0) is 8.27. The SMILES string of the molecule is Cc1ccc(F)nc1CCN. The molecule has 0 aliphatic carbocycles. The Labute approximate surface area is 65.3 Å². The third kappa shape index (κ3) is 1.98. The van der Waals surface area contributed by atoms with Crippen LogP contribution in [0.25, 0.3) is 0 Å². The fourth-order valence-electron chi connectivity index (χ4n) is 0.934. The van der Waals surface area contributed by atoms with Crippen molar-refractivity contribution in [3.05, 3.63) is 29.3 Å². The maximum absolute atomic E-state index is 12.5. The molecule has 0 atom stereocenters. The summed E-state index contributed by atoms with van der Waals surface area (Å²) in [6.07, 6.45) is 0.642. The molecule has 0 radical (unpaired) electrons. The quantitative estimate of drug-likeness (QED) is 0.646. The third-order valence-electron chi connectivity index (χ3n) is 1.55. The predicted octanol–water partition coefficient (Wildman–Crippen LogP) is 1.03. The Bertz CT molecular complexity index is 248. The van der Waals surface area contributed by atoms with Crippen molar-refractivity contribution in [2.75, 3.05) is 6.54 Å². The van der Waals surface area contributed by atoms with Gasteiger partial charge >= 0.3 is 0 Å². The zero-order valence-electron chi connectivity index (χ0n) is 6.47. The smallest absolute Gasteiger partial charge is 0.213 e. The van der Waals surface area contributed by atoms with Crippen LogP contribution in [-0.4, -0.2) is 11.5 Å². The summed E-state index contributed by atoms with van der Waals surface area (Å²) in [6, 6.07) is 3.07. The molecular formula is C8H11FN2. The molecule has 1 aromatic rings. The number of hydrogen-bond donors (Lipinski definition) is 1. The Kier molecular flexibility index (Phi) is 2.54. The fraction of sp³-hybridized carbons (Fsp3) is 0.375. The molecule has 0 saturated carbocycles. The summed E-state index contributed by atoms with van der Waals surface area (Å²) in [5.41, 5.74) is 7.07. The molecule has 60 valence electrons. The minimum absolute atomic E-state index is 0.431. The predicted molar refractivity (Wildman–Crippen MR) is 41.7 cm³/mol. The van der Waals surface area contributed by atoms with Gasteiger partial charge in [-0.3, -0.25) is 0 Å². The molecule has 2 nitrogen and oxygen atoms in total. The second kappa shape index (κ2) is 3.44. The first-order valence-corrected chi connectivity index (χ1v) is 3.56. The maximum Gasteiger partial charge on any atom is 0.213 e. The van der Waals surface area contributed by atoms with Gasteiger partial charge in [0, 0.05) is 12.1 Å². The maximum atomic E-state index is 12.5. The topological polar surface area (TPSA) is 38.9 Å². The van der Waals surface area contributed by atoms with Crippen molar-refractivity contribution >= 4 is 0 Å². The molecule has 1 aromatic heterocycles. The highest BCUT2D eigenvalue weighted by molar-refractivity contribution is 5.18. The van der Waals surface area contributed by atoms with Gasteiger partial charge in [-0.15, -0.1) is 0 Å². The third-order valence-corrected chi connectivity index (χ3v) is 1.55. The van der Waals surface area contributed by atoms with Crippen molar-refractivity contribution in [1.29, 1.82) is 0 Å². The van der Waals surface area contributed by atoms with E-state index in [2.05, 4.69) is 4.98 Å². The number of aryl methyl sites for hydroxylation is 1. The van der Waals surface area contributed by atoms with Gasteiger partial charge < -0.3 is 5.73 Å². The van der Waals surface area contributed by atoms with Gasteiger partial charge in [0.2, 0.25) is 5.95 Å². The average molecular weight is 154 g/mol. The van der Waals surface area contributed by atoms with Crippen molar-refractivity contribution in [2.24, 2.45) is 5.73 Å². The number of rotatable bonds is 2. The van der Waals surface area contributed by atoms with E-state index in [4.69, 9.17) is 5.73 Å². The summed E-state index contributed by atoms with van der Waals surface area (Å²) in [7, 11) is 0. The number of pyridine rings is 1. The molecule has 0 aliphatic rings. The number of halogens is 1. The van der Waals surface area contributed by atoms with Crippen molar-refractivity contribution in [1.82, 2.24) is 4.98 Å². The van der Waals surface area contributed by atoms with E-state index >= 15 is 0 Å². The monoisotopic (exact) mass is 154 g/mol. The molecule has 0 unspecified atom stereocenters. The van der Waals surface area contributed by atoms with Gasteiger partial charge in [0.05, 0.1) is 0 Å². The molecule has 11 heavy (non-hydrogen) atoms.